The van der Waals surface area contributed by atoms with E-state index in [9.17, 15) is 4.79 Å². The zero-order valence-electron chi connectivity index (χ0n) is 14.1. The Morgan fingerprint density at radius 2 is 1.88 bits per heavy atom. The predicted molar refractivity (Wildman–Crippen MR) is 104 cm³/mol. The van der Waals surface area contributed by atoms with Gasteiger partial charge in [0.25, 0.3) is 5.91 Å². The molecule has 1 aromatic carbocycles. The molecule has 0 spiro atoms. The maximum Gasteiger partial charge on any atom is 0.264 e. The van der Waals surface area contributed by atoms with Crippen molar-refractivity contribution in [3.8, 4) is 11.5 Å². The summed E-state index contributed by atoms with van der Waals surface area (Å²) in [6.45, 7) is 3.75. The van der Waals surface area contributed by atoms with Crippen LogP contribution in [-0.4, -0.2) is 53.8 Å². The van der Waals surface area contributed by atoms with E-state index in [0.29, 0.717) is 24.7 Å². The van der Waals surface area contributed by atoms with E-state index >= 15 is 0 Å². The lowest BCUT2D eigenvalue weighted by atomic mass is 10.2. The van der Waals surface area contributed by atoms with Gasteiger partial charge in [-0.3, -0.25) is 4.79 Å². The number of carbonyl (C=O) groups excluding carboxylic acids is 1. The van der Waals surface area contributed by atoms with Crippen LogP contribution in [0.15, 0.2) is 35.7 Å². The Balaban J connectivity index is 1.26. The molecule has 8 heteroatoms. The number of piperazine rings is 1. The highest BCUT2D eigenvalue weighted by atomic mass is 32.1. The van der Waals surface area contributed by atoms with Crippen LogP contribution in [0.25, 0.3) is 0 Å². The maximum absolute atomic E-state index is 12.4. The van der Waals surface area contributed by atoms with Crippen molar-refractivity contribution in [2.24, 2.45) is 0 Å². The molecule has 0 atom stereocenters. The first-order valence-electron chi connectivity index (χ1n) is 8.45. The van der Waals surface area contributed by atoms with Crippen LogP contribution in [0.5, 0.6) is 11.5 Å². The largest absolute Gasteiger partial charge is 0.454 e. The van der Waals surface area contributed by atoms with Gasteiger partial charge in [-0.15, -0.1) is 11.3 Å². The van der Waals surface area contributed by atoms with Gasteiger partial charge in [0.2, 0.25) is 6.79 Å². The molecule has 0 saturated carbocycles. The van der Waals surface area contributed by atoms with E-state index in [1.54, 1.807) is 0 Å². The molecular weight excluding hydrogens is 370 g/mol. The van der Waals surface area contributed by atoms with E-state index in [4.69, 9.17) is 21.7 Å². The lowest BCUT2D eigenvalue weighted by Crippen LogP contribution is -2.52. The van der Waals surface area contributed by atoms with Crippen molar-refractivity contribution in [1.82, 2.24) is 15.1 Å². The van der Waals surface area contributed by atoms with Gasteiger partial charge in [0.1, 0.15) is 0 Å². The Bertz CT molecular complexity index is 802. The molecule has 4 rings (SSSR count). The number of hydrogen-bond acceptors (Lipinski definition) is 5. The van der Waals surface area contributed by atoms with Crippen LogP contribution in [0, 0.1) is 0 Å². The number of carbonyl (C=O) groups is 1. The van der Waals surface area contributed by atoms with Crippen LogP contribution in [0.3, 0.4) is 0 Å². The highest BCUT2D eigenvalue weighted by molar-refractivity contribution is 7.80. The highest BCUT2D eigenvalue weighted by Crippen LogP contribution is 2.32. The third kappa shape index (κ3) is 3.61. The number of nitrogens with zero attached hydrogens (tertiary/aromatic N) is 2. The maximum atomic E-state index is 12.4. The lowest BCUT2D eigenvalue weighted by Gasteiger charge is -2.36. The first-order valence-corrected chi connectivity index (χ1v) is 9.73. The molecule has 2 aliphatic heterocycles. The van der Waals surface area contributed by atoms with Crippen molar-refractivity contribution >= 4 is 34.6 Å². The van der Waals surface area contributed by atoms with Gasteiger partial charge in [-0.25, -0.2) is 0 Å². The molecule has 1 aromatic heterocycles. The second kappa shape index (κ2) is 7.51. The number of ether oxygens (including phenoxy) is 2. The number of hydrogen-bond donors (Lipinski definition) is 1. The predicted octanol–water partition coefficient (Wildman–Crippen LogP) is 2.31. The molecule has 0 unspecified atom stereocenters. The summed E-state index contributed by atoms with van der Waals surface area (Å²) < 4.78 is 10.7. The standard InChI is InChI=1S/C18H19N3O3S2/c22-17(16-2-1-9-26-16)20-5-7-21(8-6-20)18(25)19-11-13-3-4-14-15(10-13)24-12-23-14/h1-4,9-10H,5-8,11-12H2,(H,19,25). The average molecular weight is 390 g/mol. The molecule has 1 N–H and O–H groups in total. The topological polar surface area (TPSA) is 54.0 Å². The summed E-state index contributed by atoms with van der Waals surface area (Å²) in [5, 5.41) is 5.93. The minimum atomic E-state index is 0.110. The molecule has 26 heavy (non-hydrogen) atoms. The van der Waals surface area contributed by atoms with E-state index in [2.05, 4.69) is 10.2 Å². The third-order valence-corrected chi connectivity index (χ3v) is 5.73. The van der Waals surface area contributed by atoms with E-state index in [-0.39, 0.29) is 12.7 Å². The van der Waals surface area contributed by atoms with E-state index in [1.165, 1.54) is 11.3 Å². The summed E-state index contributed by atoms with van der Waals surface area (Å²) in [5.41, 5.74) is 1.09. The van der Waals surface area contributed by atoms with Crippen LogP contribution in [-0.2, 0) is 6.54 Å². The molecule has 2 aromatic rings. The Morgan fingerprint density at radius 1 is 1.12 bits per heavy atom. The fraction of sp³-hybridized carbons (Fsp3) is 0.333. The van der Waals surface area contributed by atoms with Crippen LogP contribution in [0.1, 0.15) is 15.2 Å². The van der Waals surface area contributed by atoms with Crippen molar-refractivity contribution in [2.45, 2.75) is 6.54 Å². The normalized spacial score (nSPS) is 15.8. The molecular formula is C18H19N3O3S2. The second-order valence-electron chi connectivity index (χ2n) is 6.10. The van der Waals surface area contributed by atoms with Crippen molar-refractivity contribution in [1.29, 1.82) is 0 Å². The summed E-state index contributed by atoms with van der Waals surface area (Å²) in [6.07, 6.45) is 0. The Morgan fingerprint density at radius 3 is 2.65 bits per heavy atom. The van der Waals surface area contributed by atoms with Gasteiger partial charge in [0.15, 0.2) is 16.6 Å². The van der Waals surface area contributed by atoms with Gasteiger partial charge in [0.05, 0.1) is 4.88 Å². The zero-order valence-corrected chi connectivity index (χ0v) is 15.8. The summed E-state index contributed by atoms with van der Waals surface area (Å²) in [4.78, 5) is 17.2. The van der Waals surface area contributed by atoms with Gasteiger partial charge in [0, 0.05) is 32.7 Å². The Hall–Kier alpha value is -2.32. The zero-order chi connectivity index (χ0) is 17.9. The van der Waals surface area contributed by atoms with Crippen LogP contribution >= 0.6 is 23.6 Å². The summed E-state index contributed by atoms with van der Waals surface area (Å²) in [7, 11) is 0. The van der Waals surface area contributed by atoms with Crippen LogP contribution < -0.4 is 14.8 Å². The Labute approximate surface area is 161 Å². The van der Waals surface area contributed by atoms with Crippen LogP contribution in [0.4, 0.5) is 0 Å². The molecule has 1 fully saturated rings. The SMILES string of the molecule is O=C(c1cccs1)N1CCN(C(=S)NCc2ccc3c(c2)OCO3)CC1. The van der Waals surface area contributed by atoms with Gasteiger partial charge < -0.3 is 24.6 Å². The van der Waals surface area contributed by atoms with Crippen molar-refractivity contribution in [3.63, 3.8) is 0 Å². The lowest BCUT2D eigenvalue weighted by molar-refractivity contribution is 0.0696. The van der Waals surface area contributed by atoms with Gasteiger partial charge in [-0.1, -0.05) is 12.1 Å². The summed E-state index contributed by atoms with van der Waals surface area (Å²) >= 11 is 7.00. The fourth-order valence-electron chi connectivity index (χ4n) is 3.01. The molecule has 0 aliphatic carbocycles. The minimum Gasteiger partial charge on any atom is -0.454 e. The monoisotopic (exact) mass is 389 g/mol. The molecule has 0 bridgehead atoms. The van der Waals surface area contributed by atoms with Crippen molar-refractivity contribution in [3.05, 3.63) is 46.2 Å². The molecule has 1 saturated heterocycles. The van der Waals surface area contributed by atoms with Gasteiger partial charge in [-0.2, -0.15) is 0 Å². The molecule has 136 valence electrons. The van der Waals surface area contributed by atoms with Gasteiger partial charge in [-0.05, 0) is 41.4 Å². The first-order chi connectivity index (χ1) is 12.7. The first kappa shape index (κ1) is 17.1. The van der Waals surface area contributed by atoms with E-state index in [1.807, 2.05) is 40.6 Å². The second-order valence-corrected chi connectivity index (χ2v) is 7.44. The number of rotatable bonds is 3. The van der Waals surface area contributed by atoms with E-state index in [0.717, 1.165) is 35.0 Å². The quantitative estimate of drug-likeness (QED) is 0.813. The average Bonchev–Trinajstić information content (AvgIpc) is 3.37. The van der Waals surface area contributed by atoms with Crippen molar-refractivity contribution < 1.29 is 14.3 Å². The third-order valence-electron chi connectivity index (χ3n) is 4.47. The molecule has 3 heterocycles. The number of fused-ring (bicyclic) bond motifs is 1. The molecule has 2 aliphatic rings. The van der Waals surface area contributed by atoms with Gasteiger partial charge >= 0.3 is 0 Å². The number of amides is 1. The number of thiocarbonyl (C=S) groups is 1. The molecule has 1 amide bonds. The smallest absolute Gasteiger partial charge is 0.264 e. The minimum absolute atomic E-state index is 0.110. The van der Waals surface area contributed by atoms with Crippen molar-refractivity contribution in [2.75, 3.05) is 33.0 Å². The van der Waals surface area contributed by atoms with Crippen LogP contribution in [0.2, 0.25) is 0 Å². The number of benzene rings is 1. The summed E-state index contributed by atoms with van der Waals surface area (Å²) in [5.74, 6) is 1.66. The summed E-state index contributed by atoms with van der Waals surface area (Å²) in [6, 6.07) is 9.66. The number of nitrogens with one attached hydrogen (secondary N) is 1. The fourth-order valence-corrected chi connectivity index (χ4v) is 3.95. The molecule has 6 nitrogen and oxygen atoms in total. The highest BCUT2D eigenvalue weighted by Gasteiger charge is 2.23. The Kier molecular flexibility index (Phi) is 4.94. The molecule has 0 radical (unpaired) electrons. The van der Waals surface area contributed by atoms with E-state index < -0.39 is 0 Å². The number of thiophene rings is 1.